The molecule has 0 heterocycles. The maximum absolute atomic E-state index is 12.1. The van der Waals surface area contributed by atoms with Gasteiger partial charge in [-0.2, -0.15) is 0 Å². The van der Waals surface area contributed by atoms with Crippen molar-refractivity contribution in [1.29, 1.82) is 0 Å². The molecule has 0 aliphatic carbocycles. The molecule has 0 aliphatic heterocycles. The molecule has 0 fully saturated rings. The second kappa shape index (κ2) is 10.1. The quantitative estimate of drug-likeness (QED) is 0.675. The third-order valence-corrected chi connectivity index (χ3v) is 4.75. The number of aliphatic carboxylic acids is 1. The van der Waals surface area contributed by atoms with Crippen LogP contribution < -0.4 is 10.1 Å². The van der Waals surface area contributed by atoms with Gasteiger partial charge in [0.25, 0.3) is 0 Å². The summed E-state index contributed by atoms with van der Waals surface area (Å²) in [4.78, 5) is 22.6. The lowest BCUT2D eigenvalue weighted by atomic mass is 10.1. The van der Waals surface area contributed by atoms with Crippen molar-refractivity contribution in [3.05, 3.63) is 64.7 Å². The lowest BCUT2D eigenvalue weighted by Crippen LogP contribution is -2.28. The molecule has 138 valence electrons. The molecule has 0 aromatic heterocycles. The number of carboxylic acids is 1. The second-order valence-corrected chi connectivity index (χ2v) is 7.09. The van der Waals surface area contributed by atoms with E-state index in [2.05, 4.69) is 5.32 Å². The van der Waals surface area contributed by atoms with Gasteiger partial charge in [-0.3, -0.25) is 4.79 Å². The van der Waals surface area contributed by atoms with E-state index in [-0.39, 0.29) is 18.6 Å². The first-order chi connectivity index (χ1) is 12.4. The summed E-state index contributed by atoms with van der Waals surface area (Å²) in [6, 6.07) is 14.4. The van der Waals surface area contributed by atoms with Gasteiger partial charge in [-0.25, -0.2) is 4.79 Å². The topological polar surface area (TPSA) is 75.6 Å². The Balaban J connectivity index is 1.76. The molecule has 0 spiro atoms. The maximum Gasteiger partial charge on any atom is 0.341 e. The van der Waals surface area contributed by atoms with Crippen LogP contribution in [0.5, 0.6) is 5.75 Å². The van der Waals surface area contributed by atoms with E-state index in [1.165, 1.54) is 11.8 Å². The van der Waals surface area contributed by atoms with Crippen molar-refractivity contribution >= 4 is 35.2 Å². The van der Waals surface area contributed by atoms with Gasteiger partial charge in [-0.15, -0.1) is 11.8 Å². The fourth-order valence-electron chi connectivity index (χ4n) is 2.25. The smallest absolute Gasteiger partial charge is 0.341 e. The van der Waals surface area contributed by atoms with Crippen LogP contribution in [0.3, 0.4) is 0 Å². The highest BCUT2D eigenvalue weighted by atomic mass is 35.5. The van der Waals surface area contributed by atoms with Crippen molar-refractivity contribution in [2.75, 3.05) is 12.4 Å². The molecule has 7 heteroatoms. The lowest BCUT2D eigenvalue weighted by Gasteiger charge is -2.15. The Hall–Kier alpha value is -2.18. The number of amides is 1. The number of hydrogen-bond acceptors (Lipinski definition) is 4. The van der Waals surface area contributed by atoms with E-state index in [1.54, 1.807) is 24.3 Å². The number of nitrogens with one attached hydrogen (secondary N) is 1. The Morgan fingerprint density at radius 1 is 1.23 bits per heavy atom. The van der Waals surface area contributed by atoms with Crippen LogP contribution in [-0.2, 0) is 15.3 Å². The van der Waals surface area contributed by atoms with Crippen LogP contribution in [0.2, 0.25) is 5.02 Å². The zero-order valence-corrected chi connectivity index (χ0v) is 15.8. The first-order valence-corrected chi connectivity index (χ1v) is 9.53. The van der Waals surface area contributed by atoms with Crippen molar-refractivity contribution in [3.63, 3.8) is 0 Å². The number of ether oxygens (including phenoxy) is 1. The van der Waals surface area contributed by atoms with Gasteiger partial charge in [0.2, 0.25) is 5.91 Å². The Bertz CT molecular complexity index is 751. The maximum atomic E-state index is 12.1. The number of carbonyl (C=O) groups excluding carboxylic acids is 1. The largest absolute Gasteiger partial charge is 0.482 e. The molecular formula is C19H20ClNO4S. The summed E-state index contributed by atoms with van der Waals surface area (Å²) in [5.41, 5.74) is 2.00. The standard InChI is InChI=1S/C19H20ClNO4S/c1-13(15-5-7-17(8-6-15)25-10-19(23)24)21-18(22)12-26-11-14-3-2-4-16(20)9-14/h2-9,13H,10-12H2,1H3,(H,21,22)(H,23,24). The highest BCUT2D eigenvalue weighted by Crippen LogP contribution is 2.19. The molecule has 26 heavy (non-hydrogen) atoms. The van der Waals surface area contributed by atoms with Crippen LogP contribution in [0.25, 0.3) is 0 Å². The van der Waals surface area contributed by atoms with Gasteiger partial charge in [-0.1, -0.05) is 35.9 Å². The molecule has 2 aromatic carbocycles. The zero-order valence-electron chi connectivity index (χ0n) is 14.3. The van der Waals surface area contributed by atoms with Gasteiger partial charge < -0.3 is 15.2 Å². The molecule has 1 amide bonds. The van der Waals surface area contributed by atoms with Crippen molar-refractivity contribution in [2.24, 2.45) is 0 Å². The average molecular weight is 394 g/mol. The third-order valence-electron chi connectivity index (χ3n) is 3.51. The third kappa shape index (κ3) is 6.98. The van der Waals surface area contributed by atoms with Gasteiger partial charge in [0, 0.05) is 10.8 Å². The molecule has 0 saturated carbocycles. The first kappa shape index (κ1) is 20.1. The predicted molar refractivity (Wildman–Crippen MR) is 104 cm³/mol. The summed E-state index contributed by atoms with van der Waals surface area (Å²) in [5, 5.41) is 12.2. The van der Waals surface area contributed by atoms with Crippen molar-refractivity contribution < 1.29 is 19.4 Å². The Kier molecular flexibility index (Phi) is 7.81. The first-order valence-electron chi connectivity index (χ1n) is 8.00. The highest BCUT2D eigenvalue weighted by Gasteiger charge is 2.10. The summed E-state index contributed by atoms with van der Waals surface area (Å²) >= 11 is 7.47. The van der Waals surface area contributed by atoms with E-state index in [1.807, 2.05) is 31.2 Å². The van der Waals surface area contributed by atoms with Gasteiger partial charge >= 0.3 is 5.97 Å². The van der Waals surface area contributed by atoms with Crippen molar-refractivity contribution in [3.8, 4) is 5.75 Å². The lowest BCUT2D eigenvalue weighted by molar-refractivity contribution is -0.139. The summed E-state index contributed by atoms with van der Waals surface area (Å²) in [5.74, 6) is 0.488. The average Bonchev–Trinajstić information content (AvgIpc) is 2.60. The minimum Gasteiger partial charge on any atom is -0.482 e. The fourth-order valence-corrected chi connectivity index (χ4v) is 3.25. The van der Waals surface area contributed by atoms with E-state index < -0.39 is 5.97 Å². The van der Waals surface area contributed by atoms with Crippen LogP contribution in [0.4, 0.5) is 0 Å². The number of benzene rings is 2. The monoisotopic (exact) mass is 393 g/mol. The van der Waals surface area contributed by atoms with Gasteiger partial charge in [0.1, 0.15) is 5.75 Å². The Labute approximate surface area is 161 Å². The SMILES string of the molecule is CC(NC(=O)CSCc1cccc(Cl)c1)c1ccc(OCC(=O)O)cc1. The number of halogens is 1. The van der Waals surface area contributed by atoms with Crippen LogP contribution in [0.1, 0.15) is 24.1 Å². The normalized spacial score (nSPS) is 11.6. The molecule has 2 aromatic rings. The molecule has 1 unspecified atom stereocenters. The summed E-state index contributed by atoms with van der Waals surface area (Å²) < 4.78 is 5.09. The van der Waals surface area contributed by atoms with E-state index in [9.17, 15) is 9.59 Å². The van der Waals surface area contributed by atoms with Crippen molar-refractivity contribution in [2.45, 2.75) is 18.7 Å². The van der Waals surface area contributed by atoms with E-state index in [0.29, 0.717) is 16.5 Å². The molecule has 5 nitrogen and oxygen atoms in total. The molecule has 0 bridgehead atoms. The summed E-state index contributed by atoms with van der Waals surface area (Å²) in [7, 11) is 0. The molecule has 0 saturated heterocycles. The van der Waals surface area contributed by atoms with Gasteiger partial charge in [-0.05, 0) is 42.3 Å². The van der Waals surface area contributed by atoms with E-state index in [0.717, 1.165) is 16.9 Å². The van der Waals surface area contributed by atoms with E-state index >= 15 is 0 Å². The molecule has 2 N–H and O–H groups in total. The number of carboxylic acid groups (broad SMARTS) is 1. The molecular weight excluding hydrogens is 374 g/mol. The number of carbonyl (C=O) groups is 2. The van der Waals surface area contributed by atoms with Crippen LogP contribution >= 0.6 is 23.4 Å². The van der Waals surface area contributed by atoms with Crippen LogP contribution in [-0.4, -0.2) is 29.3 Å². The summed E-state index contributed by atoms with van der Waals surface area (Å²) in [6.45, 7) is 1.52. The van der Waals surface area contributed by atoms with Gasteiger partial charge in [0.05, 0.1) is 11.8 Å². The molecule has 0 aliphatic rings. The second-order valence-electron chi connectivity index (χ2n) is 5.66. The number of hydrogen-bond donors (Lipinski definition) is 2. The molecule has 1 atom stereocenters. The predicted octanol–water partition coefficient (Wildman–Crippen LogP) is 3.91. The van der Waals surface area contributed by atoms with Gasteiger partial charge in [0.15, 0.2) is 6.61 Å². The Morgan fingerprint density at radius 3 is 2.62 bits per heavy atom. The number of thioether (sulfide) groups is 1. The highest BCUT2D eigenvalue weighted by molar-refractivity contribution is 7.99. The van der Waals surface area contributed by atoms with Crippen LogP contribution in [0.15, 0.2) is 48.5 Å². The van der Waals surface area contributed by atoms with Crippen molar-refractivity contribution in [1.82, 2.24) is 5.32 Å². The zero-order chi connectivity index (χ0) is 18.9. The number of rotatable bonds is 9. The minimum atomic E-state index is -1.02. The van der Waals surface area contributed by atoms with E-state index in [4.69, 9.17) is 21.4 Å². The fraction of sp³-hybridized carbons (Fsp3) is 0.263. The molecule has 0 radical (unpaired) electrons. The van der Waals surface area contributed by atoms with Crippen LogP contribution in [0, 0.1) is 0 Å². The molecule has 2 rings (SSSR count). The Morgan fingerprint density at radius 2 is 1.96 bits per heavy atom. The minimum absolute atomic E-state index is 0.0456. The summed E-state index contributed by atoms with van der Waals surface area (Å²) in [6.07, 6.45) is 0.